The molecule has 2 heteroatoms. The van der Waals surface area contributed by atoms with Gasteiger partial charge < -0.3 is 4.57 Å². The number of rotatable bonds is 6. The molecule has 0 aromatic rings. The average Bonchev–Trinajstić information content (AvgIpc) is 2.29. The smallest absolute Gasteiger partial charge is 0.136 e. The van der Waals surface area contributed by atoms with Gasteiger partial charge in [0.25, 0.3) is 0 Å². The van der Waals surface area contributed by atoms with Gasteiger partial charge in [0.1, 0.15) is 8.96 Å². The molecule has 1 nitrogen and oxygen atoms in total. The van der Waals surface area contributed by atoms with E-state index in [-0.39, 0.29) is 0 Å². The summed E-state index contributed by atoms with van der Waals surface area (Å²) in [6, 6.07) is 1.47. The lowest BCUT2D eigenvalue weighted by Crippen LogP contribution is -2.41. The number of allylic oxidation sites excluding steroid dienone is 1. The molecule has 0 spiro atoms. The van der Waals surface area contributed by atoms with Crippen LogP contribution in [0.1, 0.15) is 52.4 Å². The van der Waals surface area contributed by atoms with E-state index in [1.807, 2.05) is 0 Å². The summed E-state index contributed by atoms with van der Waals surface area (Å²) in [7, 11) is -0.694. The van der Waals surface area contributed by atoms with Crippen molar-refractivity contribution in [3.8, 4) is 0 Å². The lowest BCUT2D eigenvalue weighted by atomic mass is 10.2. The Balaban J connectivity index is 2.39. The van der Waals surface area contributed by atoms with Crippen molar-refractivity contribution in [1.29, 1.82) is 0 Å². The SMILES string of the molecule is CCCC=C[SiH](CCC)N1CCCCC1. The van der Waals surface area contributed by atoms with Gasteiger partial charge in [-0.15, -0.1) is 0 Å². The fraction of sp³-hybridized carbons (Fsp3) is 0.846. The molecule has 0 aromatic heterocycles. The minimum absolute atomic E-state index is 0.694. The van der Waals surface area contributed by atoms with E-state index < -0.39 is 8.96 Å². The van der Waals surface area contributed by atoms with Crippen molar-refractivity contribution < 1.29 is 0 Å². The Morgan fingerprint density at radius 2 is 1.80 bits per heavy atom. The highest BCUT2D eigenvalue weighted by Crippen LogP contribution is 2.14. The first-order valence-corrected chi connectivity index (χ1v) is 8.79. The molecule has 1 rings (SSSR count). The van der Waals surface area contributed by atoms with Crippen LogP contribution in [0.15, 0.2) is 11.8 Å². The van der Waals surface area contributed by atoms with Crippen molar-refractivity contribution in [2.75, 3.05) is 13.1 Å². The molecule has 15 heavy (non-hydrogen) atoms. The van der Waals surface area contributed by atoms with E-state index in [4.69, 9.17) is 0 Å². The zero-order chi connectivity index (χ0) is 10.9. The zero-order valence-corrected chi connectivity index (χ0v) is 11.7. The third-order valence-electron chi connectivity index (χ3n) is 3.26. The van der Waals surface area contributed by atoms with Crippen molar-refractivity contribution in [2.45, 2.75) is 58.4 Å². The molecule has 0 bridgehead atoms. The zero-order valence-electron chi connectivity index (χ0n) is 10.5. The molecule has 0 saturated carbocycles. The van der Waals surface area contributed by atoms with Crippen molar-refractivity contribution in [2.24, 2.45) is 0 Å². The molecule has 0 amide bonds. The Hall–Kier alpha value is -0.0831. The summed E-state index contributed by atoms with van der Waals surface area (Å²) in [6.07, 6.45) is 10.7. The number of unbranched alkanes of at least 4 members (excludes halogenated alkanes) is 1. The van der Waals surface area contributed by atoms with Crippen LogP contribution in [0.5, 0.6) is 0 Å². The Morgan fingerprint density at radius 3 is 2.40 bits per heavy atom. The van der Waals surface area contributed by atoms with Crippen LogP contribution in [-0.4, -0.2) is 26.6 Å². The van der Waals surface area contributed by atoms with Crippen LogP contribution in [0, 0.1) is 0 Å². The van der Waals surface area contributed by atoms with Crippen LogP contribution in [0.3, 0.4) is 0 Å². The molecule has 0 aromatic carbocycles. The van der Waals surface area contributed by atoms with Crippen LogP contribution >= 0.6 is 0 Å². The fourth-order valence-electron chi connectivity index (χ4n) is 2.37. The summed E-state index contributed by atoms with van der Waals surface area (Å²) in [5.74, 6) is 0. The lowest BCUT2D eigenvalue weighted by molar-refractivity contribution is 0.353. The number of hydrogen-bond donors (Lipinski definition) is 0. The molecular formula is C13H27NSi. The van der Waals surface area contributed by atoms with Gasteiger partial charge in [-0.1, -0.05) is 44.9 Å². The number of piperidine rings is 1. The maximum absolute atomic E-state index is 2.82. The molecule has 88 valence electrons. The summed E-state index contributed by atoms with van der Waals surface area (Å²) in [4.78, 5) is 0. The molecule has 0 aliphatic carbocycles. The summed E-state index contributed by atoms with van der Waals surface area (Å²) < 4.78 is 2.82. The minimum Gasteiger partial charge on any atom is -0.323 e. The van der Waals surface area contributed by atoms with E-state index >= 15 is 0 Å². The van der Waals surface area contributed by atoms with E-state index in [1.165, 1.54) is 57.7 Å². The van der Waals surface area contributed by atoms with Crippen molar-refractivity contribution in [3.05, 3.63) is 11.8 Å². The van der Waals surface area contributed by atoms with E-state index in [2.05, 4.69) is 30.2 Å². The van der Waals surface area contributed by atoms with Gasteiger partial charge in [-0.3, -0.25) is 0 Å². The van der Waals surface area contributed by atoms with E-state index in [0.717, 1.165) is 0 Å². The van der Waals surface area contributed by atoms with Crippen molar-refractivity contribution >= 4 is 8.96 Å². The second-order valence-electron chi connectivity index (χ2n) is 4.67. The van der Waals surface area contributed by atoms with Gasteiger partial charge in [0.2, 0.25) is 0 Å². The van der Waals surface area contributed by atoms with Crippen LogP contribution in [0.25, 0.3) is 0 Å². The van der Waals surface area contributed by atoms with Crippen LogP contribution in [0.2, 0.25) is 6.04 Å². The third-order valence-corrected chi connectivity index (χ3v) is 6.60. The van der Waals surface area contributed by atoms with Gasteiger partial charge in [0.05, 0.1) is 0 Å². The molecule has 1 saturated heterocycles. The maximum Gasteiger partial charge on any atom is 0.136 e. The highest BCUT2D eigenvalue weighted by Gasteiger charge is 2.18. The molecule has 0 radical (unpaired) electrons. The molecular weight excluding hydrogens is 198 g/mol. The summed E-state index contributed by atoms with van der Waals surface area (Å²) in [5, 5.41) is 0. The number of hydrogen-bond acceptors (Lipinski definition) is 1. The lowest BCUT2D eigenvalue weighted by Gasteiger charge is -2.32. The monoisotopic (exact) mass is 225 g/mol. The normalized spacial score (nSPS) is 20.9. The van der Waals surface area contributed by atoms with Crippen LogP contribution in [-0.2, 0) is 0 Å². The van der Waals surface area contributed by atoms with Gasteiger partial charge in [-0.2, -0.15) is 0 Å². The summed E-state index contributed by atoms with van der Waals surface area (Å²) in [5.41, 5.74) is 2.60. The Labute approximate surface area is 97.2 Å². The third kappa shape index (κ3) is 4.98. The molecule has 1 aliphatic rings. The topological polar surface area (TPSA) is 3.24 Å². The van der Waals surface area contributed by atoms with Crippen LogP contribution in [0.4, 0.5) is 0 Å². The first-order chi connectivity index (χ1) is 7.38. The second-order valence-corrected chi connectivity index (χ2v) is 7.50. The average molecular weight is 225 g/mol. The maximum atomic E-state index is 2.82. The molecule has 0 N–H and O–H groups in total. The molecule has 1 aliphatic heterocycles. The molecule has 1 heterocycles. The van der Waals surface area contributed by atoms with E-state index in [9.17, 15) is 0 Å². The fourth-order valence-corrected chi connectivity index (χ4v) is 5.29. The Morgan fingerprint density at radius 1 is 1.07 bits per heavy atom. The highest BCUT2D eigenvalue weighted by atomic mass is 28.3. The first-order valence-electron chi connectivity index (χ1n) is 6.79. The largest absolute Gasteiger partial charge is 0.323 e. The standard InChI is InChI=1S/C13H27NSi/c1-3-5-9-13-15(12-4-2)14-10-7-6-8-11-14/h9,13,15H,3-8,10-12H2,1-2H3. The van der Waals surface area contributed by atoms with Crippen molar-refractivity contribution in [3.63, 3.8) is 0 Å². The quantitative estimate of drug-likeness (QED) is 0.625. The Bertz CT molecular complexity index is 173. The predicted molar refractivity (Wildman–Crippen MR) is 71.7 cm³/mol. The van der Waals surface area contributed by atoms with Gasteiger partial charge in [-0.05, 0) is 38.4 Å². The van der Waals surface area contributed by atoms with Gasteiger partial charge in [-0.25, -0.2) is 0 Å². The van der Waals surface area contributed by atoms with Crippen LogP contribution < -0.4 is 0 Å². The van der Waals surface area contributed by atoms with Gasteiger partial charge >= 0.3 is 0 Å². The molecule has 1 atom stereocenters. The van der Waals surface area contributed by atoms with E-state index in [0.29, 0.717) is 0 Å². The second kappa shape index (κ2) is 8.11. The first kappa shape index (κ1) is 13.0. The van der Waals surface area contributed by atoms with Crippen molar-refractivity contribution in [1.82, 2.24) is 4.57 Å². The summed E-state index contributed by atoms with van der Waals surface area (Å²) in [6.45, 7) is 7.36. The summed E-state index contributed by atoms with van der Waals surface area (Å²) >= 11 is 0. The number of nitrogens with zero attached hydrogens (tertiary/aromatic N) is 1. The van der Waals surface area contributed by atoms with Gasteiger partial charge in [0, 0.05) is 0 Å². The highest BCUT2D eigenvalue weighted by molar-refractivity contribution is 6.61. The molecule has 1 fully saturated rings. The Kier molecular flexibility index (Phi) is 7.02. The molecule has 1 unspecified atom stereocenters. The van der Waals surface area contributed by atoms with Gasteiger partial charge in [0.15, 0.2) is 0 Å². The minimum atomic E-state index is -0.694. The van der Waals surface area contributed by atoms with E-state index in [1.54, 1.807) is 0 Å². The predicted octanol–water partition coefficient (Wildman–Crippen LogP) is 3.50.